The fourth-order valence-corrected chi connectivity index (χ4v) is 2.60. The maximum absolute atomic E-state index is 9.30. The van der Waals surface area contributed by atoms with Crippen LogP contribution >= 0.6 is 11.6 Å². The van der Waals surface area contributed by atoms with Crippen LogP contribution in [-0.2, 0) is 4.74 Å². The Kier molecular flexibility index (Phi) is 4.00. The van der Waals surface area contributed by atoms with Crippen LogP contribution in [0.25, 0.3) is 0 Å². The van der Waals surface area contributed by atoms with Crippen molar-refractivity contribution in [2.75, 3.05) is 24.6 Å². The minimum absolute atomic E-state index is 0.00998. The quantitative estimate of drug-likeness (QED) is 0.902. The second kappa shape index (κ2) is 5.38. The molecule has 0 amide bonds. The molecule has 1 unspecified atom stereocenters. The lowest BCUT2D eigenvalue weighted by Gasteiger charge is -2.43. The van der Waals surface area contributed by atoms with Crippen molar-refractivity contribution >= 4 is 17.3 Å². The van der Waals surface area contributed by atoms with Gasteiger partial charge in [0.25, 0.3) is 0 Å². The van der Waals surface area contributed by atoms with Gasteiger partial charge in [-0.05, 0) is 32.0 Å². The number of hydrogen-bond donors (Lipinski definition) is 1. The fourth-order valence-electron chi connectivity index (χ4n) is 2.38. The Morgan fingerprint density at radius 3 is 2.89 bits per heavy atom. The molecule has 1 heterocycles. The molecule has 0 radical (unpaired) electrons. The van der Waals surface area contributed by atoms with Gasteiger partial charge < -0.3 is 14.7 Å². The summed E-state index contributed by atoms with van der Waals surface area (Å²) in [6, 6.07) is 7.43. The van der Waals surface area contributed by atoms with Crippen molar-refractivity contribution in [1.82, 2.24) is 0 Å². The van der Waals surface area contributed by atoms with Crippen LogP contribution in [-0.4, -0.2) is 36.5 Å². The van der Waals surface area contributed by atoms with Crippen LogP contribution in [0.4, 0.5) is 5.69 Å². The van der Waals surface area contributed by atoms with Gasteiger partial charge in [0.05, 0.1) is 28.9 Å². The predicted molar refractivity (Wildman–Crippen MR) is 74.4 cm³/mol. The lowest BCUT2D eigenvalue weighted by atomic mass is 10.0. The monoisotopic (exact) mass is 280 g/mol. The van der Waals surface area contributed by atoms with E-state index in [4.69, 9.17) is 21.6 Å². The SMILES string of the molecule is CC1(C)CN(c2ccc(C#N)c(Cl)c2)CC(CO)O1. The van der Waals surface area contributed by atoms with E-state index >= 15 is 0 Å². The minimum Gasteiger partial charge on any atom is -0.394 e. The first-order valence-electron chi connectivity index (χ1n) is 6.18. The first-order valence-corrected chi connectivity index (χ1v) is 6.56. The molecule has 1 aliphatic heterocycles. The molecule has 19 heavy (non-hydrogen) atoms. The lowest BCUT2D eigenvalue weighted by molar-refractivity contribution is -0.101. The van der Waals surface area contributed by atoms with Crippen molar-refractivity contribution in [3.8, 4) is 6.07 Å². The Balaban J connectivity index is 2.26. The van der Waals surface area contributed by atoms with E-state index in [1.165, 1.54) is 0 Å². The molecule has 1 atom stereocenters. The number of aliphatic hydroxyl groups excluding tert-OH is 1. The van der Waals surface area contributed by atoms with Crippen LogP contribution in [0.3, 0.4) is 0 Å². The summed E-state index contributed by atoms with van der Waals surface area (Å²) < 4.78 is 5.77. The molecule has 1 fully saturated rings. The highest BCUT2D eigenvalue weighted by Gasteiger charge is 2.33. The van der Waals surface area contributed by atoms with E-state index in [1.54, 1.807) is 12.1 Å². The molecule has 102 valence electrons. The first-order chi connectivity index (χ1) is 8.95. The normalized spacial score (nSPS) is 22.1. The second-order valence-electron chi connectivity index (χ2n) is 5.34. The third-order valence-electron chi connectivity index (χ3n) is 3.12. The van der Waals surface area contributed by atoms with E-state index < -0.39 is 0 Å². The highest BCUT2D eigenvalue weighted by atomic mass is 35.5. The average Bonchev–Trinajstić information content (AvgIpc) is 2.36. The molecule has 1 aromatic rings. The summed E-state index contributed by atoms with van der Waals surface area (Å²) in [5.41, 5.74) is 1.09. The molecular weight excluding hydrogens is 264 g/mol. The van der Waals surface area contributed by atoms with Crippen LogP contribution in [0.15, 0.2) is 18.2 Å². The second-order valence-corrected chi connectivity index (χ2v) is 5.75. The molecule has 4 nitrogen and oxygen atoms in total. The van der Waals surface area contributed by atoms with Gasteiger partial charge in [0.15, 0.2) is 0 Å². The van der Waals surface area contributed by atoms with E-state index in [1.807, 2.05) is 26.0 Å². The molecule has 5 heteroatoms. The molecule has 0 saturated carbocycles. The van der Waals surface area contributed by atoms with Gasteiger partial charge in [0.1, 0.15) is 6.07 Å². The molecule has 0 aliphatic carbocycles. The third kappa shape index (κ3) is 3.19. The van der Waals surface area contributed by atoms with Gasteiger partial charge in [-0.25, -0.2) is 0 Å². The van der Waals surface area contributed by atoms with E-state index in [0.717, 1.165) is 5.69 Å². The fraction of sp³-hybridized carbons (Fsp3) is 0.500. The highest BCUT2D eigenvalue weighted by Crippen LogP contribution is 2.29. The number of nitrogens with zero attached hydrogens (tertiary/aromatic N) is 2. The first kappa shape index (κ1) is 14.1. The minimum atomic E-state index is -0.327. The number of morpholine rings is 1. The number of aliphatic hydroxyl groups is 1. The number of benzene rings is 1. The van der Waals surface area contributed by atoms with E-state index in [9.17, 15) is 5.11 Å². The number of rotatable bonds is 2. The van der Waals surface area contributed by atoms with Crippen molar-refractivity contribution in [2.24, 2.45) is 0 Å². The van der Waals surface area contributed by atoms with Crippen molar-refractivity contribution in [3.05, 3.63) is 28.8 Å². The maximum Gasteiger partial charge on any atom is 0.101 e. The number of nitriles is 1. The van der Waals surface area contributed by atoms with Crippen LogP contribution < -0.4 is 4.90 Å². The molecule has 0 aromatic heterocycles. The smallest absolute Gasteiger partial charge is 0.101 e. The lowest BCUT2D eigenvalue weighted by Crippen LogP contribution is -2.54. The van der Waals surface area contributed by atoms with Crippen molar-refractivity contribution < 1.29 is 9.84 Å². The van der Waals surface area contributed by atoms with Gasteiger partial charge in [0, 0.05) is 18.8 Å². The summed E-state index contributed by atoms with van der Waals surface area (Å²) in [5.74, 6) is 0. The van der Waals surface area contributed by atoms with Gasteiger partial charge in [0.2, 0.25) is 0 Å². The average molecular weight is 281 g/mol. The summed E-state index contributed by atoms with van der Waals surface area (Å²) in [6.07, 6.45) is -0.210. The van der Waals surface area contributed by atoms with Crippen molar-refractivity contribution in [3.63, 3.8) is 0 Å². The molecule has 1 N–H and O–H groups in total. The van der Waals surface area contributed by atoms with Crippen LogP contribution in [0.1, 0.15) is 19.4 Å². The Morgan fingerprint density at radius 2 is 2.32 bits per heavy atom. The van der Waals surface area contributed by atoms with Gasteiger partial charge >= 0.3 is 0 Å². The standard InChI is InChI=1S/C14H17ClN2O2/c1-14(2)9-17(7-12(8-18)19-14)11-4-3-10(6-16)13(15)5-11/h3-5,12,18H,7-9H2,1-2H3. The highest BCUT2D eigenvalue weighted by molar-refractivity contribution is 6.32. The Bertz CT molecular complexity index is 511. The number of hydrogen-bond acceptors (Lipinski definition) is 4. The predicted octanol–water partition coefficient (Wildman–Crippen LogP) is 2.19. The van der Waals surface area contributed by atoms with Crippen molar-refractivity contribution in [2.45, 2.75) is 25.6 Å². The van der Waals surface area contributed by atoms with E-state index in [-0.39, 0.29) is 18.3 Å². The summed E-state index contributed by atoms with van der Waals surface area (Å²) >= 11 is 6.06. The molecule has 2 rings (SSSR count). The number of anilines is 1. The maximum atomic E-state index is 9.30. The summed E-state index contributed by atoms with van der Waals surface area (Å²) in [6.45, 7) is 5.30. The number of halogens is 1. The zero-order valence-electron chi connectivity index (χ0n) is 11.1. The molecular formula is C14H17ClN2O2. The molecule has 1 saturated heterocycles. The topological polar surface area (TPSA) is 56.5 Å². The van der Waals surface area contributed by atoms with E-state index in [2.05, 4.69) is 4.90 Å². The Labute approximate surface area is 118 Å². The molecule has 0 spiro atoms. The zero-order valence-corrected chi connectivity index (χ0v) is 11.8. The van der Waals surface area contributed by atoms with Gasteiger partial charge in [-0.2, -0.15) is 5.26 Å². The van der Waals surface area contributed by atoms with Gasteiger partial charge in [-0.1, -0.05) is 11.6 Å². The summed E-state index contributed by atoms with van der Waals surface area (Å²) in [4.78, 5) is 2.12. The van der Waals surface area contributed by atoms with Gasteiger partial charge in [-0.15, -0.1) is 0 Å². The van der Waals surface area contributed by atoms with Crippen molar-refractivity contribution in [1.29, 1.82) is 5.26 Å². The Hall–Kier alpha value is -1.28. The number of ether oxygens (including phenoxy) is 1. The van der Waals surface area contributed by atoms with Gasteiger partial charge in [-0.3, -0.25) is 0 Å². The molecule has 0 bridgehead atoms. The zero-order chi connectivity index (χ0) is 14.0. The van der Waals surface area contributed by atoms with E-state index in [0.29, 0.717) is 23.7 Å². The summed E-state index contributed by atoms with van der Waals surface area (Å²) in [7, 11) is 0. The molecule has 1 aromatic carbocycles. The largest absolute Gasteiger partial charge is 0.394 e. The summed E-state index contributed by atoms with van der Waals surface area (Å²) in [5, 5.41) is 18.6. The van der Waals surface area contributed by atoms with Crippen LogP contribution in [0.2, 0.25) is 5.02 Å². The Morgan fingerprint density at radius 1 is 1.58 bits per heavy atom. The molecule has 1 aliphatic rings. The van der Waals surface area contributed by atoms with Crippen LogP contribution in [0.5, 0.6) is 0 Å². The third-order valence-corrected chi connectivity index (χ3v) is 3.44. The van der Waals surface area contributed by atoms with Crippen LogP contribution in [0, 0.1) is 11.3 Å².